The molecular weight excluding hydrogens is 195 g/mol. The molecule has 3 N–H and O–H groups in total. The Balaban J connectivity index is 2.58. The van der Waals surface area contributed by atoms with Crippen LogP contribution in [-0.2, 0) is 0 Å². The highest BCUT2D eigenvalue weighted by Gasteiger charge is 2.26. The number of pyridine rings is 1. The van der Waals surface area contributed by atoms with E-state index < -0.39 is 24.8 Å². The van der Waals surface area contributed by atoms with Crippen molar-refractivity contribution in [3.63, 3.8) is 0 Å². The van der Waals surface area contributed by atoms with Gasteiger partial charge in [0.1, 0.15) is 0 Å². The highest BCUT2D eigenvalue weighted by atomic mass is 19.3. The van der Waals surface area contributed by atoms with Crippen LogP contribution in [0.1, 0.15) is 0 Å². The molecule has 78 valence electrons. The summed E-state index contributed by atoms with van der Waals surface area (Å²) in [7, 11) is 0. The van der Waals surface area contributed by atoms with Crippen LogP contribution < -0.4 is 11.1 Å². The van der Waals surface area contributed by atoms with Crippen LogP contribution in [0.2, 0.25) is 0 Å². The molecule has 1 rings (SSSR count). The van der Waals surface area contributed by atoms with Crippen LogP contribution in [0, 0.1) is 5.82 Å². The van der Waals surface area contributed by atoms with Crippen molar-refractivity contribution in [2.24, 2.45) is 5.73 Å². The first kappa shape index (κ1) is 10.8. The summed E-state index contributed by atoms with van der Waals surface area (Å²) >= 11 is 0. The predicted octanol–water partition coefficient (Wildman–Crippen LogP) is 1.23. The van der Waals surface area contributed by atoms with E-state index in [0.29, 0.717) is 0 Å². The number of rotatable bonds is 4. The summed E-state index contributed by atoms with van der Waals surface area (Å²) in [5, 5.41) is 2.19. The molecule has 14 heavy (non-hydrogen) atoms. The van der Waals surface area contributed by atoms with Crippen molar-refractivity contribution in [3.05, 3.63) is 24.1 Å². The molecule has 0 amide bonds. The number of hydrogen-bond donors (Lipinski definition) is 2. The summed E-state index contributed by atoms with van der Waals surface area (Å²) in [5.41, 5.74) is 4.80. The lowest BCUT2D eigenvalue weighted by molar-refractivity contribution is 0.0252. The molecule has 0 aliphatic rings. The van der Waals surface area contributed by atoms with Gasteiger partial charge < -0.3 is 11.1 Å². The highest BCUT2D eigenvalue weighted by Crippen LogP contribution is 2.14. The molecule has 1 aromatic rings. The Hall–Kier alpha value is -1.30. The number of alkyl halides is 2. The number of aromatic nitrogens is 1. The van der Waals surface area contributed by atoms with Gasteiger partial charge in [0.25, 0.3) is 5.92 Å². The predicted molar refractivity (Wildman–Crippen MR) is 46.7 cm³/mol. The number of halogens is 3. The lowest BCUT2D eigenvalue weighted by atomic mass is 10.3. The van der Waals surface area contributed by atoms with Gasteiger partial charge >= 0.3 is 0 Å². The molecule has 0 unspecified atom stereocenters. The first-order valence-electron chi connectivity index (χ1n) is 3.97. The number of hydrogen-bond acceptors (Lipinski definition) is 3. The number of anilines is 1. The Morgan fingerprint density at radius 3 is 2.79 bits per heavy atom. The maximum Gasteiger partial charge on any atom is 0.276 e. The van der Waals surface area contributed by atoms with Crippen molar-refractivity contribution in [1.29, 1.82) is 0 Å². The minimum Gasteiger partial charge on any atom is -0.362 e. The van der Waals surface area contributed by atoms with Gasteiger partial charge in [0.05, 0.1) is 13.1 Å². The zero-order valence-electron chi connectivity index (χ0n) is 7.30. The number of nitrogens with zero attached hydrogens (tertiary/aromatic N) is 1. The highest BCUT2D eigenvalue weighted by molar-refractivity contribution is 5.35. The Morgan fingerprint density at radius 1 is 1.50 bits per heavy atom. The summed E-state index contributed by atoms with van der Waals surface area (Å²) in [6, 6.07) is 2.51. The molecule has 0 saturated heterocycles. The zero-order chi connectivity index (χ0) is 10.6. The molecule has 1 aromatic heterocycles. The van der Waals surface area contributed by atoms with Gasteiger partial charge in [-0.25, -0.2) is 18.2 Å². The third-order valence-corrected chi connectivity index (χ3v) is 1.57. The maximum atomic E-state index is 12.9. The average Bonchev–Trinajstić information content (AvgIpc) is 2.17. The molecule has 0 aromatic carbocycles. The summed E-state index contributed by atoms with van der Waals surface area (Å²) in [6.07, 6.45) is 1.31. The third kappa shape index (κ3) is 2.88. The minimum absolute atomic E-state index is 0.194. The van der Waals surface area contributed by atoms with Crippen molar-refractivity contribution < 1.29 is 13.2 Å². The van der Waals surface area contributed by atoms with E-state index in [0.717, 1.165) is 6.07 Å². The standard InChI is InChI=1S/C8H10F3N3/c9-6-2-1-3-13-7(6)14-5-8(10,11)4-12/h1-3H,4-5,12H2,(H,13,14). The fourth-order valence-electron chi connectivity index (χ4n) is 0.801. The number of nitrogens with one attached hydrogen (secondary N) is 1. The Kier molecular flexibility index (Phi) is 3.29. The monoisotopic (exact) mass is 205 g/mol. The van der Waals surface area contributed by atoms with Crippen molar-refractivity contribution in [2.45, 2.75) is 5.92 Å². The van der Waals surface area contributed by atoms with Gasteiger partial charge in [-0.1, -0.05) is 0 Å². The van der Waals surface area contributed by atoms with Gasteiger partial charge in [-0.2, -0.15) is 0 Å². The second-order valence-electron chi connectivity index (χ2n) is 2.75. The zero-order valence-corrected chi connectivity index (χ0v) is 7.30. The first-order chi connectivity index (χ1) is 6.55. The van der Waals surface area contributed by atoms with Crippen LogP contribution in [0.25, 0.3) is 0 Å². The molecule has 0 aliphatic heterocycles. The van der Waals surface area contributed by atoms with Gasteiger partial charge in [-0.05, 0) is 12.1 Å². The van der Waals surface area contributed by atoms with Gasteiger partial charge in [0.2, 0.25) is 0 Å². The van der Waals surface area contributed by atoms with E-state index >= 15 is 0 Å². The minimum atomic E-state index is -3.05. The molecule has 3 nitrogen and oxygen atoms in total. The quantitative estimate of drug-likeness (QED) is 0.777. The molecule has 1 heterocycles. The maximum absolute atomic E-state index is 12.9. The lowest BCUT2D eigenvalue weighted by Gasteiger charge is -2.14. The van der Waals surface area contributed by atoms with Crippen LogP contribution in [0.4, 0.5) is 19.0 Å². The van der Waals surface area contributed by atoms with E-state index in [1.165, 1.54) is 12.3 Å². The third-order valence-electron chi connectivity index (χ3n) is 1.57. The fourth-order valence-corrected chi connectivity index (χ4v) is 0.801. The molecule has 0 aliphatic carbocycles. The second-order valence-corrected chi connectivity index (χ2v) is 2.75. The SMILES string of the molecule is NCC(F)(F)CNc1ncccc1F. The van der Waals surface area contributed by atoms with Gasteiger partial charge in [-0.15, -0.1) is 0 Å². The van der Waals surface area contributed by atoms with E-state index in [9.17, 15) is 13.2 Å². The van der Waals surface area contributed by atoms with Gasteiger partial charge in [-0.3, -0.25) is 0 Å². The molecule has 0 saturated carbocycles. The van der Waals surface area contributed by atoms with Crippen LogP contribution in [-0.4, -0.2) is 24.0 Å². The van der Waals surface area contributed by atoms with Crippen LogP contribution in [0.5, 0.6) is 0 Å². The Labute approximate surface area is 79.1 Å². The summed E-state index contributed by atoms with van der Waals surface area (Å²) in [5.74, 6) is -3.91. The summed E-state index contributed by atoms with van der Waals surface area (Å²) in [4.78, 5) is 3.56. The smallest absolute Gasteiger partial charge is 0.276 e. The summed E-state index contributed by atoms with van der Waals surface area (Å²) in [6.45, 7) is -1.51. The lowest BCUT2D eigenvalue weighted by Crippen LogP contribution is -2.35. The van der Waals surface area contributed by atoms with Gasteiger partial charge in [0, 0.05) is 6.20 Å². The second kappa shape index (κ2) is 4.28. The van der Waals surface area contributed by atoms with Gasteiger partial charge in [0.15, 0.2) is 11.6 Å². The molecular formula is C8H10F3N3. The van der Waals surface area contributed by atoms with E-state index in [-0.39, 0.29) is 5.82 Å². The van der Waals surface area contributed by atoms with E-state index in [2.05, 4.69) is 10.3 Å². The molecule has 0 bridgehead atoms. The average molecular weight is 205 g/mol. The summed E-state index contributed by atoms with van der Waals surface area (Å²) < 4.78 is 38.1. The van der Waals surface area contributed by atoms with E-state index in [4.69, 9.17) is 5.73 Å². The molecule has 0 spiro atoms. The van der Waals surface area contributed by atoms with Crippen molar-refractivity contribution in [3.8, 4) is 0 Å². The number of nitrogens with two attached hydrogens (primary N) is 1. The van der Waals surface area contributed by atoms with E-state index in [1.807, 2.05) is 0 Å². The van der Waals surface area contributed by atoms with Crippen LogP contribution in [0.15, 0.2) is 18.3 Å². The normalized spacial score (nSPS) is 11.4. The Morgan fingerprint density at radius 2 is 2.21 bits per heavy atom. The molecule has 0 radical (unpaired) electrons. The Bertz CT molecular complexity index is 304. The van der Waals surface area contributed by atoms with Crippen LogP contribution in [0.3, 0.4) is 0 Å². The molecule has 6 heteroatoms. The molecule has 0 fully saturated rings. The van der Waals surface area contributed by atoms with Crippen molar-refractivity contribution in [1.82, 2.24) is 4.98 Å². The van der Waals surface area contributed by atoms with Crippen molar-refractivity contribution >= 4 is 5.82 Å². The van der Waals surface area contributed by atoms with E-state index in [1.54, 1.807) is 0 Å². The largest absolute Gasteiger partial charge is 0.362 e. The fraction of sp³-hybridized carbons (Fsp3) is 0.375. The topological polar surface area (TPSA) is 50.9 Å². The van der Waals surface area contributed by atoms with Crippen molar-refractivity contribution in [2.75, 3.05) is 18.4 Å². The first-order valence-corrected chi connectivity index (χ1v) is 3.97. The van der Waals surface area contributed by atoms with Crippen LogP contribution >= 0.6 is 0 Å². The molecule has 0 atom stereocenters.